The molecule has 192 valence electrons. The Morgan fingerprint density at radius 2 is 1.70 bits per heavy atom. The first kappa shape index (κ1) is 24.6. The standard InChI is InChI=1S/C26H24F3N5O3/c1-32-11-13-33(14-12-32)21-4-2-3-18(15-21)16-34-17-20(7-10-23(34)35)25-30-24(31-37-25)19-5-8-22(9-6-19)36-26(27,28)29/h2-10,15,17H,11-14,16H2,1H3. The highest BCUT2D eigenvalue weighted by molar-refractivity contribution is 5.60. The van der Waals surface area contributed by atoms with E-state index in [1.807, 2.05) is 12.1 Å². The van der Waals surface area contributed by atoms with Crippen LogP contribution in [0.4, 0.5) is 18.9 Å². The molecule has 1 fully saturated rings. The summed E-state index contributed by atoms with van der Waals surface area (Å²) < 4.78 is 48.0. The molecule has 11 heteroatoms. The molecule has 0 bridgehead atoms. The highest BCUT2D eigenvalue weighted by atomic mass is 19.4. The number of likely N-dealkylation sites (N-methyl/N-ethyl adjacent to an activating group) is 1. The minimum Gasteiger partial charge on any atom is -0.406 e. The predicted octanol–water partition coefficient (Wildman–Crippen LogP) is 4.26. The molecular weight excluding hydrogens is 487 g/mol. The van der Waals surface area contributed by atoms with E-state index in [9.17, 15) is 18.0 Å². The lowest BCUT2D eigenvalue weighted by Crippen LogP contribution is -2.44. The normalized spacial score (nSPS) is 14.6. The smallest absolute Gasteiger partial charge is 0.406 e. The van der Waals surface area contributed by atoms with Gasteiger partial charge in [-0.2, -0.15) is 4.98 Å². The van der Waals surface area contributed by atoms with Crippen LogP contribution in [0.5, 0.6) is 5.75 Å². The summed E-state index contributed by atoms with van der Waals surface area (Å²) in [6.45, 7) is 4.28. The second kappa shape index (κ2) is 10.1. The molecule has 0 aliphatic carbocycles. The van der Waals surface area contributed by atoms with Crippen molar-refractivity contribution in [2.75, 3.05) is 38.1 Å². The quantitative estimate of drug-likeness (QED) is 0.383. The van der Waals surface area contributed by atoms with Gasteiger partial charge < -0.3 is 23.6 Å². The van der Waals surface area contributed by atoms with Gasteiger partial charge in [-0.25, -0.2) is 0 Å². The largest absolute Gasteiger partial charge is 0.573 e. The molecule has 0 N–H and O–H groups in total. The minimum absolute atomic E-state index is 0.172. The summed E-state index contributed by atoms with van der Waals surface area (Å²) in [7, 11) is 2.11. The molecule has 8 nitrogen and oxygen atoms in total. The zero-order valence-electron chi connectivity index (χ0n) is 20.0. The van der Waals surface area contributed by atoms with Gasteiger partial charge in [0.1, 0.15) is 5.75 Å². The zero-order valence-corrected chi connectivity index (χ0v) is 20.0. The van der Waals surface area contributed by atoms with E-state index in [-0.39, 0.29) is 23.0 Å². The maximum atomic E-state index is 12.6. The van der Waals surface area contributed by atoms with Crippen LogP contribution in [-0.4, -0.2) is 59.2 Å². The molecule has 0 unspecified atom stereocenters. The third kappa shape index (κ3) is 6.00. The molecule has 5 rings (SSSR count). The molecular formula is C26H24F3N5O3. The summed E-state index contributed by atoms with van der Waals surface area (Å²) in [5, 5.41) is 3.93. The average molecular weight is 512 g/mol. The van der Waals surface area contributed by atoms with Crippen molar-refractivity contribution in [2.24, 2.45) is 0 Å². The molecule has 0 saturated carbocycles. The number of piperazine rings is 1. The summed E-state index contributed by atoms with van der Waals surface area (Å²) >= 11 is 0. The number of halogens is 3. The van der Waals surface area contributed by atoms with Crippen LogP contribution in [0.25, 0.3) is 22.8 Å². The van der Waals surface area contributed by atoms with Gasteiger partial charge in [-0.05, 0) is 55.1 Å². The van der Waals surface area contributed by atoms with Crippen molar-refractivity contribution in [2.45, 2.75) is 12.9 Å². The number of benzene rings is 2. The van der Waals surface area contributed by atoms with Crippen molar-refractivity contribution < 1.29 is 22.4 Å². The monoisotopic (exact) mass is 511 g/mol. The lowest BCUT2D eigenvalue weighted by Gasteiger charge is -2.34. The fraction of sp³-hybridized carbons (Fsp3) is 0.269. The molecule has 0 spiro atoms. The van der Waals surface area contributed by atoms with Gasteiger partial charge >= 0.3 is 6.36 Å². The second-order valence-corrected chi connectivity index (χ2v) is 8.84. The molecule has 1 aliphatic rings. The summed E-state index contributed by atoms with van der Waals surface area (Å²) in [6.07, 6.45) is -3.11. The van der Waals surface area contributed by atoms with E-state index in [0.29, 0.717) is 17.7 Å². The fourth-order valence-electron chi connectivity index (χ4n) is 4.16. The van der Waals surface area contributed by atoms with Crippen LogP contribution in [0, 0.1) is 0 Å². The van der Waals surface area contributed by atoms with Crippen LogP contribution in [-0.2, 0) is 6.54 Å². The predicted molar refractivity (Wildman–Crippen MR) is 131 cm³/mol. The first-order valence-corrected chi connectivity index (χ1v) is 11.7. The van der Waals surface area contributed by atoms with Gasteiger partial charge in [0.15, 0.2) is 0 Å². The molecule has 1 aliphatic heterocycles. The van der Waals surface area contributed by atoms with Crippen LogP contribution in [0.1, 0.15) is 5.56 Å². The number of hydrogen-bond acceptors (Lipinski definition) is 7. The summed E-state index contributed by atoms with van der Waals surface area (Å²) in [5.74, 6) is 0.0421. The van der Waals surface area contributed by atoms with Gasteiger partial charge in [-0.15, -0.1) is 13.2 Å². The highest BCUT2D eigenvalue weighted by Gasteiger charge is 2.31. The SMILES string of the molecule is CN1CCN(c2cccc(Cn3cc(-c4nc(-c5ccc(OC(F)(F)F)cc5)no4)ccc3=O)c2)CC1. The lowest BCUT2D eigenvalue weighted by molar-refractivity contribution is -0.274. The zero-order chi connectivity index (χ0) is 26.0. The highest BCUT2D eigenvalue weighted by Crippen LogP contribution is 2.27. The average Bonchev–Trinajstić information content (AvgIpc) is 3.36. The Hall–Kier alpha value is -4.12. The first-order chi connectivity index (χ1) is 17.7. The topological polar surface area (TPSA) is 76.6 Å². The first-order valence-electron chi connectivity index (χ1n) is 11.7. The third-order valence-electron chi connectivity index (χ3n) is 6.13. The minimum atomic E-state index is -4.77. The van der Waals surface area contributed by atoms with Crippen LogP contribution < -0.4 is 15.2 Å². The molecule has 3 heterocycles. The van der Waals surface area contributed by atoms with Crippen molar-refractivity contribution in [1.82, 2.24) is 19.6 Å². The van der Waals surface area contributed by atoms with Crippen molar-refractivity contribution >= 4 is 5.69 Å². The Morgan fingerprint density at radius 1 is 0.973 bits per heavy atom. The molecule has 2 aromatic carbocycles. The van der Waals surface area contributed by atoms with Gasteiger partial charge in [0.2, 0.25) is 5.82 Å². The Bertz CT molecular complexity index is 1420. The molecule has 2 aromatic heterocycles. The number of pyridine rings is 1. The van der Waals surface area contributed by atoms with Crippen LogP contribution in [0.2, 0.25) is 0 Å². The van der Waals surface area contributed by atoms with Gasteiger partial charge in [-0.1, -0.05) is 17.3 Å². The molecule has 0 amide bonds. The fourth-order valence-corrected chi connectivity index (χ4v) is 4.16. The van der Waals surface area contributed by atoms with Gasteiger partial charge in [0, 0.05) is 49.7 Å². The van der Waals surface area contributed by atoms with Gasteiger partial charge in [-0.3, -0.25) is 4.79 Å². The van der Waals surface area contributed by atoms with E-state index < -0.39 is 6.36 Å². The summed E-state index contributed by atoms with van der Waals surface area (Å²) in [6, 6.07) is 16.3. The number of ether oxygens (including phenoxy) is 1. The summed E-state index contributed by atoms with van der Waals surface area (Å²) in [4.78, 5) is 21.6. The summed E-state index contributed by atoms with van der Waals surface area (Å²) in [5.41, 5.74) is 2.95. The molecule has 0 radical (unpaired) electrons. The van der Waals surface area contributed by atoms with Crippen molar-refractivity contribution in [3.63, 3.8) is 0 Å². The molecule has 4 aromatic rings. The third-order valence-corrected chi connectivity index (χ3v) is 6.13. The number of nitrogens with zero attached hydrogens (tertiary/aromatic N) is 5. The molecule has 0 atom stereocenters. The lowest BCUT2D eigenvalue weighted by atomic mass is 10.1. The maximum Gasteiger partial charge on any atom is 0.573 e. The second-order valence-electron chi connectivity index (χ2n) is 8.84. The number of aromatic nitrogens is 3. The maximum absolute atomic E-state index is 12.6. The number of hydrogen-bond donors (Lipinski definition) is 0. The van der Waals surface area contributed by atoms with E-state index in [1.54, 1.807) is 16.8 Å². The van der Waals surface area contributed by atoms with Crippen molar-refractivity contribution in [1.29, 1.82) is 0 Å². The van der Waals surface area contributed by atoms with Crippen LogP contribution in [0.3, 0.4) is 0 Å². The van der Waals surface area contributed by atoms with E-state index in [1.165, 1.54) is 30.3 Å². The van der Waals surface area contributed by atoms with E-state index in [2.05, 4.69) is 43.9 Å². The van der Waals surface area contributed by atoms with Gasteiger partial charge in [0.05, 0.1) is 12.1 Å². The molecule has 1 saturated heterocycles. The number of anilines is 1. The van der Waals surface area contributed by atoms with E-state index in [0.717, 1.165) is 37.4 Å². The van der Waals surface area contributed by atoms with Crippen LogP contribution >= 0.6 is 0 Å². The molecule has 37 heavy (non-hydrogen) atoms. The van der Waals surface area contributed by atoms with Crippen LogP contribution in [0.15, 0.2) is 76.2 Å². The van der Waals surface area contributed by atoms with E-state index >= 15 is 0 Å². The van der Waals surface area contributed by atoms with E-state index in [4.69, 9.17) is 4.52 Å². The van der Waals surface area contributed by atoms with Crippen molar-refractivity contribution in [3.8, 4) is 28.6 Å². The Kier molecular flexibility index (Phi) is 6.70. The number of rotatable bonds is 6. The number of alkyl halides is 3. The van der Waals surface area contributed by atoms with Gasteiger partial charge in [0.25, 0.3) is 11.4 Å². The Labute approximate surface area is 210 Å². The van der Waals surface area contributed by atoms with Crippen molar-refractivity contribution in [3.05, 3.63) is 82.8 Å². The Balaban J connectivity index is 1.33. The Morgan fingerprint density at radius 3 is 2.43 bits per heavy atom.